The molecule has 126 valence electrons. The fraction of sp³-hybridized carbons (Fsp3) is 0.647. The molecule has 23 heavy (non-hydrogen) atoms. The first-order valence-corrected chi connectivity index (χ1v) is 8.85. The van der Waals surface area contributed by atoms with E-state index >= 15 is 0 Å². The lowest BCUT2D eigenvalue weighted by Crippen LogP contribution is -2.39. The number of rotatable bonds is 3. The topological polar surface area (TPSA) is 41.4 Å². The Morgan fingerprint density at radius 1 is 1.30 bits per heavy atom. The fourth-order valence-electron chi connectivity index (χ4n) is 3.40. The number of carbonyl (C=O) groups is 1. The van der Waals surface area contributed by atoms with Crippen LogP contribution in [-0.4, -0.2) is 51.4 Å². The molecule has 0 spiro atoms. The van der Waals surface area contributed by atoms with E-state index in [0.29, 0.717) is 11.1 Å². The first-order chi connectivity index (χ1) is 11.1. The summed E-state index contributed by atoms with van der Waals surface area (Å²) in [6.45, 7) is 4.38. The average Bonchev–Trinajstić information content (AvgIpc) is 2.79. The van der Waals surface area contributed by atoms with E-state index in [1.54, 1.807) is 6.20 Å². The zero-order valence-electron chi connectivity index (χ0n) is 13.7. The number of imidazole rings is 1. The highest BCUT2D eigenvalue weighted by molar-refractivity contribution is 6.29. The molecular formula is C17H25ClN4O. The van der Waals surface area contributed by atoms with Crippen molar-refractivity contribution in [3.05, 3.63) is 29.3 Å². The molecule has 1 aliphatic carbocycles. The third-order valence-corrected chi connectivity index (χ3v) is 5.26. The lowest BCUT2D eigenvalue weighted by Gasteiger charge is -2.27. The van der Waals surface area contributed by atoms with Crippen LogP contribution in [0, 0.1) is 5.92 Å². The number of hydrogen-bond acceptors (Lipinski definition) is 3. The molecule has 1 aromatic rings. The van der Waals surface area contributed by atoms with Gasteiger partial charge in [0, 0.05) is 39.1 Å². The van der Waals surface area contributed by atoms with Crippen molar-refractivity contribution < 1.29 is 4.79 Å². The van der Waals surface area contributed by atoms with Crippen molar-refractivity contribution >= 4 is 17.5 Å². The molecule has 1 fully saturated rings. The first-order valence-electron chi connectivity index (χ1n) is 8.47. The summed E-state index contributed by atoms with van der Waals surface area (Å²) in [5.74, 6) is 1.52. The highest BCUT2D eigenvalue weighted by Crippen LogP contribution is 2.21. The lowest BCUT2D eigenvalue weighted by atomic mass is 9.93. The Hall–Kier alpha value is -1.33. The normalized spacial score (nSPS) is 23.0. The number of amides is 1. The predicted molar refractivity (Wildman–Crippen MR) is 91.2 cm³/mol. The molecule has 1 aliphatic heterocycles. The van der Waals surface area contributed by atoms with Gasteiger partial charge in [-0.3, -0.25) is 9.69 Å². The fourth-order valence-corrected chi connectivity index (χ4v) is 3.54. The Morgan fingerprint density at radius 2 is 2.17 bits per heavy atom. The zero-order valence-corrected chi connectivity index (χ0v) is 14.5. The summed E-state index contributed by atoms with van der Waals surface area (Å²) in [6.07, 6.45) is 10.0. The molecule has 1 atom stereocenters. The Labute approximate surface area is 142 Å². The minimum atomic E-state index is 0.194. The minimum Gasteiger partial charge on any atom is -0.341 e. The molecule has 5 nitrogen and oxygen atoms in total. The molecular weight excluding hydrogens is 312 g/mol. The van der Waals surface area contributed by atoms with E-state index in [9.17, 15) is 4.79 Å². The van der Waals surface area contributed by atoms with Crippen LogP contribution >= 0.6 is 11.6 Å². The number of aromatic nitrogens is 2. The van der Waals surface area contributed by atoms with E-state index in [1.165, 1.54) is 0 Å². The molecule has 0 bridgehead atoms. The van der Waals surface area contributed by atoms with Gasteiger partial charge in [0.25, 0.3) is 0 Å². The van der Waals surface area contributed by atoms with Crippen molar-refractivity contribution in [3.8, 4) is 0 Å². The Balaban J connectivity index is 1.55. The molecule has 0 radical (unpaired) electrons. The largest absolute Gasteiger partial charge is 0.341 e. The third-order valence-electron chi connectivity index (χ3n) is 4.91. The molecule has 6 heteroatoms. The van der Waals surface area contributed by atoms with Gasteiger partial charge in [-0.1, -0.05) is 23.8 Å². The minimum absolute atomic E-state index is 0.194. The highest BCUT2D eigenvalue weighted by Gasteiger charge is 2.26. The van der Waals surface area contributed by atoms with Crippen LogP contribution in [0.2, 0.25) is 5.15 Å². The molecule has 1 saturated heterocycles. The lowest BCUT2D eigenvalue weighted by molar-refractivity contribution is -0.135. The van der Waals surface area contributed by atoms with Crippen LogP contribution in [0.1, 0.15) is 31.5 Å². The van der Waals surface area contributed by atoms with Crippen LogP contribution in [0.15, 0.2) is 18.3 Å². The summed E-state index contributed by atoms with van der Waals surface area (Å²) >= 11 is 6.05. The predicted octanol–water partition coefficient (Wildman–Crippen LogP) is 2.46. The maximum Gasteiger partial charge on any atom is 0.226 e. The number of hydrogen-bond donors (Lipinski definition) is 0. The summed E-state index contributed by atoms with van der Waals surface area (Å²) < 4.78 is 1.92. The van der Waals surface area contributed by atoms with Crippen molar-refractivity contribution in [2.24, 2.45) is 13.0 Å². The van der Waals surface area contributed by atoms with E-state index < -0.39 is 0 Å². The summed E-state index contributed by atoms with van der Waals surface area (Å²) in [7, 11) is 1.94. The zero-order chi connectivity index (χ0) is 16.2. The van der Waals surface area contributed by atoms with Crippen LogP contribution in [0.25, 0.3) is 0 Å². The van der Waals surface area contributed by atoms with Gasteiger partial charge in [-0.25, -0.2) is 4.98 Å². The smallest absolute Gasteiger partial charge is 0.226 e. The number of carbonyl (C=O) groups excluding carboxylic acids is 1. The second-order valence-corrected chi connectivity index (χ2v) is 6.88. The van der Waals surface area contributed by atoms with Gasteiger partial charge in [0.2, 0.25) is 5.91 Å². The van der Waals surface area contributed by atoms with E-state index in [1.807, 2.05) is 11.6 Å². The summed E-state index contributed by atoms with van der Waals surface area (Å²) in [6, 6.07) is 0. The molecule has 0 saturated carbocycles. The molecule has 0 unspecified atom stereocenters. The summed E-state index contributed by atoms with van der Waals surface area (Å²) in [5, 5.41) is 0.664. The van der Waals surface area contributed by atoms with Gasteiger partial charge in [-0.2, -0.15) is 0 Å². The van der Waals surface area contributed by atoms with Gasteiger partial charge >= 0.3 is 0 Å². The maximum atomic E-state index is 12.7. The van der Waals surface area contributed by atoms with Crippen LogP contribution in [0.4, 0.5) is 0 Å². The Morgan fingerprint density at radius 3 is 2.87 bits per heavy atom. The van der Waals surface area contributed by atoms with Crippen molar-refractivity contribution in [2.45, 2.75) is 32.2 Å². The molecule has 1 amide bonds. The molecule has 1 aromatic heterocycles. The van der Waals surface area contributed by atoms with Crippen molar-refractivity contribution in [2.75, 3.05) is 26.2 Å². The highest BCUT2D eigenvalue weighted by atomic mass is 35.5. The second kappa shape index (κ2) is 7.49. The van der Waals surface area contributed by atoms with Gasteiger partial charge in [-0.05, 0) is 25.7 Å². The number of allylic oxidation sites excluding steroid dienone is 2. The maximum absolute atomic E-state index is 12.7. The van der Waals surface area contributed by atoms with Gasteiger partial charge < -0.3 is 9.47 Å². The van der Waals surface area contributed by atoms with Gasteiger partial charge in [0.05, 0.1) is 12.7 Å². The third kappa shape index (κ3) is 3.96. The van der Waals surface area contributed by atoms with Gasteiger partial charge in [0.1, 0.15) is 11.0 Å². The summed E-state index contributed by atoms with van der Waals surface area (Å²) in [4.78, 5) is 21.5. The van der Waals surface area contributed by atoms with E-state index in [0.717, 1.165) is 64.2 Å². The van der Waals surface area contributed by atoms with Crippen molar-refractivity contribution in [1.29, 1.82) is 0 Å². The van der Waals surface area contributed by atoms with Gasteiger partial charge in [-0.15, -0.1) is 0 Å². The molecule has 2 heterocycles. The second-order valence-electron chi connectivity index (χ2n) is 6.49. The number of halogens is 1. The monoisotopic (exact) mass is 336 g/mol. The summed E-state index contributed by atoms with van der Waals surface area (Å²) in [5.41, 5.74) is 0. The quantitative estimate of drug-likeness (QED) is 0.796. The standard InChI is InChI=1S/C17H25ClN4O/c1-20-15(18)12-19-16(20)13-21-8-5-9-22(11-10-21)17(23)14-6-3-2-4-7-14/h2-3,12,14H,4-11,13H2,1H3/t14-/m1/s1. The van der Waals surface area contributed by atoms with Crippen molar-refractivity contribution in [3.63, 3.8) is 0 Å². The van der Waals surface area contributed by atoms with Crippen molar-refractivity contribution in [1.82, 2.24) is 19.4 Å². The molecule has 3 rings (SSSR count). The first kappa shape index (κ1) is 16.5. The Bertz CT molecular complexity index is 583. The van der Waals surface area contributed by atoms with Crippen LogP contribution in [-0.2, 0) is 18.4 Å². The van der Waals surface area contributed by atoms with E-state index in [-0.39, 0.29) is 5.92 Å². The van der Waals surface area contributed by atoms with Crippen LogP contribution in [0.3, 0.4) is 0 Å². The van der Waals surface area contributed by atoms with Crippen LogP contribution in [0.5, 0.6) is 0 Å². The SMILES string of the molecule is Cn1c(Cl)cnc1CN1CCCN(C(=O)[C@@H]2CC=CCC2)CC1. The average molecular weight is 337 g/mol. The molecule has 2 aliphatic rings. The van der Waals surface area contributed by atoms with E-state index in [2.05, 4.69) is 26.9 Å². The van der Waals surface area contributed by atoms with Gasteiger partial charge in [0.15, 0.2) is 0 Å². The van der Waals surface area contributed by atoms with Crippen LogP contribution < -0.4 is 0 Å². The molecule has 0 aromatic carbocycles. The van der Waals surface area contributed by atoms with E-state index in [4.69, 9.17) is 11.6 Å². The Kier molecular flexibility index (Phi) is 5.38. The number of nitrogens with zero attached hydrogens (tertiary/aromatic N) is 4. The molecule has 0 N–H and O–H groups in total.